The first-order valence-corrected chi connectivity index (χ1v) is 6.45. The van der Waals surface area contributed by atoms with E-state index in [2.05, 4.69) is 42.1 Å². The molecule has 0 saturated heterocycles. The van der Waals surface area contributed by atoms with Crippen molar-refractivity contribution in [2.45, 2.75) is 25.8 Å². The van der Waals surface area contributed by atoms with Gasteiger partial charge in [0.15, 0.2) is 0 Å². The lowest BCUT2D eigenvalue weighted by atomic mass is 10.2. The van der Waals surface area contributed by atoms with E-state index in [4.69, 9.17) is 5.73 Å². The van der Waals surface area contributed by atoms with Crippen molar-refractivity contribution >= 4 is 16.7 Å². The number of hydrogen-bond acceptors (Lipinski definition) is 3. The van der Waals surface area contributed by atoms with Crippen LogP contribution in [0.4, 0.5) is 5.69 Å². The van der Waals surface area contributed by atoms with Crippen LogP contribution in [0.3, 0.4) is 0 Å². The first-order valence-electron chi connectivity index (χ1n) is 6.45. The van der Waals surface area contributed by atoms with Gasteiger partial charge in [-0.15, -0.1) is 0 Å². The largest absolute Gasteiger partial charge is 0.375 e. The lowest BCUT2D eigenvalue weighted by molar-refractivity contribution is 0.622. The predicted octanol–water partition coefficient (Wildman–Crippen LogP) is 2.14. The maximum atomic E-state index is 5.76. The van der Waals surface area contributed by atoms with Crippen LogP contribution in [-0.4, -0.2) is 29.2 Å². The van der Waals surface area contributed by atoms with Crippen molar-refractivity contribution in [1.82, 2.24) is 9.55 Å². The molecule has 2 N–H and O–H groups in total. The highest BCUT2D eigenvalue weighted by Crippen LogP contribution is 2.20. The van der Waals surface area contributed by atoms with Crippen molar-refractivity contribution in [1.29, 1.82) is 0 Å². The van der Waals surface area contributed by atoms with Gasteiger partial charge in [0.05, 0.1) is 17.4 Å². The zero-order chi connectivity index (χ0) is 13.1. The van der Waals surface area contributed by atoms with Gasteiger partial charge in [-0.1, -0.05) is 0 Å². The normalized spacial score (nSPS) is 12.9. The van der Waals surface area contributed by atoms with Gasteiger partial charge < -0.3 is 15.2 Å². The predicted molar refractivity (Wildman–Crippen MR) is 76.9 cm³/mol. The van der Waals surface area contributed by atoms with Gasteiger partial charge in [0.1, 0.15) is 0 Å². The molecule has 4 heteroatoms. The number of nitrogens with two attached hydrogens (primary N) is 1. The molecule has 0 saturated carbocycles. The van der Waals surface area contributed by atoms with Crippen molar-refractivity contribution in [3.8, 4) is 0 Å². The topological polar surface area (TPSA) is 47.1 Å². The molecular weight excluding hydrogens is 224 g/mol. The third kappa shape index (κ3) is 2.82. The Morgan fingerprint density at radius 3 is 2.94 bits per heavy atom. The van der Waals surface area contributed by atoms with Gasteiger partial charge in [0.25, 0.3) is 0 Å². The molecule has 1 aromatic carbocycles. The highest BCUT2D eigenvalue weighted by atomic mass is 15.1. The Labute approximate surface area is 108 Å². The van der Waals surface area contributed by atoms with Crippen LogP contribution in [0, 0.1) is 0 Å². The zero-order valence-electron chi connectivity index (χ0n) is 11.4. The third-order valence-corrected chi connectivity index (χ3v) is 3.30. The second kappa shape index (κ2) is 5.40. The Morgan fingerprint density at radius 2 is 2.22 bits per heavy atom. The Morgan fingerprint density at radius 1 is 1.44 bits per heavy atom. The number of rotatable bonds is 5. The Kier molecular flexibility index (Phi) is 3.87. The van der Waals surface area contributed by atoms with Crippen LogP contribution in [0.1, 0.15) is 19.8 Å². The first-order chi connectivity index (χ1) is 8.58. The van der Waals surface area contributed by atoms with E-state index in [0.29, 0.717) is 0 Å². The van der Waals surface area contributed by atoms with Crippen LogP contribution in [0.5, 0.6) is 0 Å². The molecule has 1 heterocycles. The van der Waals surface area contributed by atoms with E-state index >= 15 is 0 Å². The molecule has 1 unspecified atom stereocenters. The molecule has 18 heavy (non-hydrogen) atoms. The number of hydrogen-bond donors (Lipinski definition) is 1. The quantitative estimate of drug-likeness (QED) is 0.879. The maximum Gasteiger partial charge on any atom is 0.0955 e. The minimum Gasteiger partial charge on any atom is -0.375 e. The number of aryl methyl sites for hydroxylation is 1. The van der Waals surface area contributed by atoms with Gasteiger partial charge in [-0.3, -0.25) is 0 Å². The van der Waals surface area contributed by atoms with Crippen LogP contribution in [0.15, 0.2) is 24.5 Å². The van der Waals surface area contributed by atoms with Crippen LogP contribution in [0.2, 0.25) is 0 Å². The Hall–Kier alpha value is -1.55. The second-order valence-corrected chi connectivity index (χ2v) is 5.07. The van der Waals surface area contributed by atoms with Crippen LogP contribution in [-0.2, 0) is 7.05 Å². The molecule has 4 nitrogen and oxygen atoms in total. The molecule has 0 amide bonds. The fraction of sp³-hybridized carbons (Fsp3) is 0.500. The minimum atomic E-state index is 0.289. The minimum absolute atomic E-state index is 0.289. The summed E-state index contributed by atoms with van der Waals surface area (Å²) in [5.41, 5.74) is 9.20. The van der Waals surface area contributed by atoms with E-state index in [1.807, 2.05) is 17.9 Å². The number of nitrogens with zero attached hydrogens (tertiary/aromatic N) is 3. The summed E-state index contributed by atoms with van der Waals surface area (Å²) < 4.78 is 2.04. The Balaban J connectivity index is 2.06. The molecule has 2 rings (SSSR count). The van der Waals surface area contributed by atoms with Crippen LogP contribution >= 0.6 is 0 Å². The van der Waals surface area contributed by atoms with E-state index in [0.717, 1.165) is 24.9 Å². The van der Waals surface area contributed by atoms with Crippen molar-refractivity contribution in [2.75, 3.05) is 18.5 Å². The van der Waals surface area contributed by atoms with Gasteiger partial charge in [-0.2, -0.15) is 0 Å². The number of benzene rings is 1. The van der Waals surface area contributed by atoms with Crippen molar-refractivity contribution in [3.63, 3.8) is 0 Å². The van der Waals surface area contributed by atoms with Gasteiger partial charge in [0.2, 0.25) is 0 Å². The number of anilines is 1. The highest BCUT2D eigenvalue weighted by Gasteiger charge is 2.05. The highest BCUT2D eigenvalue weighted by molar-refractivity contribution is 5.79. The van der Waals surface area contributed by atoms with Crippen molar-refractivity contribution in [3.05, 3.63) is 24.5 Å². The smallest absolute Gasteiger partial charge is 0.0955 e. The monoisotopic (exact) mass is 246 g/mol. The Bertz CT molecular complexity index is 515. The standard InChI is InChI=1S/C14H22N4/c1-11(15)5-4-8-17(2)12-6-7-14-13(9-12)16-10-18(14)3/h6-7,9-11H,4-5,8,15H2,1-3H3. The van der Waals surface area contributed by atoms with Gasteiger partial charge in [0, 0.05) is 32.4 Å². The third-order valence-electron chi connectivity index (χ3n) is 3.30. The summed E-state index contributed by atoms with van der Waals surface area (Å²) in [5.74, 6) is 0. The van der Waals surface area contributed by atoms with Crippen molar-refractivity contribution < 1.29 is 0 Å². The van der Waals surface area contributed by atoms with E-state index in [1.165, 1.54) is 11.2 Å². The molecule has 0 bridgehead atoms. The average Bonchev–Trinajstić information content (AvgIpc) is 2.70. The average molecular weight is 246 g/mol. The second-order valence-electron chi connectivity index (χ2n) is 5.07. The number of imidazole rings is 1. The number of aromatic nitrogens is 2. The van der Waals surface area contributed by atoms with Crippen molar-refractivity contribution in [2.24, 2.45) is 12.8 Å². The van der Waals surface area contributed by atoms with E-state index in [-0.39, 0.29) is 6.04 Å². The molecule has 0 radical (unpaired) electrons. The van der Waals surface area contributed by atoms with E-state index in [1.54, 1.807) is 0 Å². The van der Waals surface area contributed by atoms with Gasteiger partial charge >= 0.3 is 0 Å². The summed E-state index contributed by atoms with van der Waals surface area (Å²) in [7, 11) is 4.13. The molecule has 0 aliphatic heterocycles. The maximum absolute atomic E-state index is 5.76. The number of fused-ring (bicyclic) bond motifs is 1. The van der Waals surface area contributed by atoms with Crippen LogP contribution in [0.25, 0.3) is 11.0 Å². The van der Waals surface area contributed by atoms with Gasteiger partial charge in [-0.05, 0) is 38.0 Å². The molecule has 98 valence electrons. The van der Waals surface area contributed by atoms with Crippen LogP contribution < -0.4 is 10.6 Å². The fourth-order valence-corrected chi connectivity index (χ4v) is 2.14. The summed E-state index contributed by atoms with van der Waals surface area (Å²) in [5, 5.41) is 0. The zero-order valence-corrected chi connectivity index (χ0v) is 11.4. The summed E-state index contributed by atoms with van der Waals surface area (Å²) in [6.07, 6.45) is 4.04. The molecule has 1 atom stereocenters. The van der Waals surface area contributed by atoms with E-state index in [9.17, 15) is 0 Å². The van der Waals surface area contributed by atoms with E-state index < -0.39 is 0 Å². The lowest BCUT2D eigenvalue weighted by Gasteiger charge is -2.19. The summed E-state index contributed by atoms with van der Waals surface area (Å²) in [4.78, 5) is 6.65. The molecular formula is C14H22N4. The molecule has 0 aliphatic carbocycles. The summed E-state index contributed by atoms with van der Waals surface area (Å²) in [6.45, 7) is 3.08. The molecule has 1 aromatic heterocycles. The first kappa shape index (κ1) is 12.9. The van der Waals surface area contributed by atoms with Gasteiger partial charge in [-0.25, -0.2) is 4.98 Å². The summed E-state index contributed by atoms with van der Waals surface area (Å²) >= 11 is 0. The molecule has 0 spiro atoms. The molecule has 2 aromatic rings. The molecule has 0 aliphatic rings. The SMILES string of the molecule is CC(N)CCCN(C)c1ccc2c(c1)ncn2C. The lowest BCUT2D eigenvalue weighted by Crippen LogP contribution is -2.22. The fourth-order valence-electron chi connectivity index (χ4n) is 2.14. The summed E-state index contributed by atoms with van der Waals surface area (Å²) in [6, 6.07) is 6.70. The molecule has 0 fully saturated rings.